The quantitative estimate of drug-likeness (QED) is 0.381. The van der Waals surface area contributed by atoms with Crippen LogP contribution in [0, 0.1) is 0 Å². The van der Waals surface area contributed by atoms with Crippen molar-refractivity contribution >= 4 is 28.5 Å². The molecule has 0 unspecified atom stereocenters. The van der Waals surface area contributed by atoms with Gasteiger partial charge in [0.15, 0.2) is 5.43 Å². The maximum Gasteiger partial charge on any atom is 0.308 e. The van der Waals surface area contributed by atoms with E-state index >= 15 is 0 Å². The molecule has 1 fully saturated rings. The summed E-state index contributed by atoms with van der Waals surface area (Å²) < 4.78 is 10.7. The number of carbonyl (C=O) groups excluding carboxylic acids is 1. The summed E-state index contributed by atoms with van der Waals surface area (Å²) >= 11 is 6.11. The molecule has 0 aliphatic carbocycles. The van der Waals surface area contributed by atoms with Crippen molar-refractivity contribution in [2.24, 2.45) is 0 Å². The number of benzene rings is 2. The van der Waals surface area contributed by atoms with Gasteiger partial charge in [0, 0.05) is 30.7 Å². The van der Waals surface area contributed by atoms with Crippen LogP contribution in [0.2, 0.25) is 5.02 Å². The minimum Gasteiger partial charge on any atom is -0.508 e. The summed E-state index contributed by atoms with van der Waals surface area (Å²) in [5.74, 6) is -0.584. The second-order valence-electron chi connectivity index (χ2n) is 7.23. The third-order valence-electron chi connectivity index (χ3n) is 4.75. The van der Waals surface area contributed by atoms with Crippen LogP contribution in [-0.4, -0.2) is 36.1 Å². The third kappa shape index (κ3) is 6.84. The average molecular weight is 460 g/mol. The van der Waals surface area contributed by atoms with Crippen LogP contribution in [0.5, 0.6) is 11.5 Å². The Kier molecular flexibility index (Phi) is 9.75. The Labute approximate surface area is 193 Å². The highest BCUT2D eigenvalue weighted by atomic mass is 35.5. The molecule has 1 aromatic heterocycles. The first kappa shape index (κ1) is 25.4. The van der Waals surface area contributed by atoms with Gasteiger partial charge in [-0.2, -0.15) is 0 Å². The lowest BCUT2D eigenvalue weighted by Gasteiger charge is -2.20. The number of aromatic hydroxyl groups is 1. The van der Waals surface area contributed by atoms with Gasteiger partial charge in [-0.3, -0.25) is 9.59 Å². The van der Waals surface area contributed by atoms with Gasteiger partial charge >= 0.3 is 5.97 Å². The van der Waals surface area contributed by atoms with Crippen LogP contribution < -0.4 is 10.2 Å². The second kappa shape index (κ2) is 12.3. The number of carbonyl (C=O) groups is 1. The van der Waals surface area contributed by atoms with Gasteiger partial charge in [-0.25, -0.2) is 0 Å². The summed E-state index contributed by atoms with van der Waals surface area (Å²) in [6, 6.07) is 10.7. The number of hydrogen-bond donors (Lipinski definition) is 1. The summed E-state index contributed by atoms with van der Waals surface area (Å²) in [5, 5.41) is 10.3. The van der Waals surface area contributed by atoms with Crippen LogP contribution in [0.3, 0.4) is 0 Å². The van der Waals surface area contributed by atoms with Gasteiger partial charge in [-0.05, 0) is 45.1 Å². The molecule has 0 bridgehead atoms. The van der Waals surface area contributed by atoms with E-state index in [1.54, 1.807) is 24.3 Å². The lowest BCUT2D eigenvalue weighted by atomic mass is 10.1. The SMILES string of the molecule is CC.CC(=O)Oc1cc(O)cc2oc(-c3ccccc3Cl)cc(=O)c12.CN1CCCCC1. The normalized spacial score (nSPS) is 13.4. The van der Waals surface area contributed by atoms with Crippen molar-refractivity contribution in [1.82, 2.24) is 4.90 Å². The molecule has 2 aromatic carbocycles. The largest absolute Gasteiger partial charge is 0.508 e. The number of rotatable bonds is 2. The number of ether oxygens (including phenoxy) is 1. The second-order valence-corrected chi connectivity index (χ2v) is 7.64. The van der Waals surface area contributed by atoms with Gasteiger partial charge in [0.2, 0.25) is 0 Å². The standard InChI is InChI=1S/C17H11ClO5.C6H13N.C2H6/c1-9(19)22-15-6-10(20)7-16-17(15)13(21)8-14(23-16)11-4-2-3-5-12(11)18;1-7-5-3-2-4-6-7;1-2/h2-8,20H,1H3;2-6H2,1H3;1-2H3. The zero-order valence-electron chi connectivity index (χ0n) is 19.0. The van der Waals surface area contributed by atoms with E-state index < -0.39 is 11.4 Å². The van der Waals surface area contributed by atoms with Gasteiger partial charge < -0.3 is 19.2 Å². The van der Waals surface area contributed by atoms with Crippen LogP contribution in [0.25, 0.3) is 22.3 Å². The molecule has 172 valence electrons. The third-order valence-corrected chi connectivity index (χ3v) is 5.08. The Morgan fingerprint density at radius 3 is 2.31 bits per heavy atom. The van der Waals surface area contributed by atoms with Crippen LogP contribution >= 0.6 is 11.6 Å². The zero-order valence-corrected chi connectivity index (χ0v) is 19.7. The van der Waals surface area contributed by atoms with Crippen molar-refractivity contribution in [2.75, 3.05) is 20.1 Å². The number of nitrogens with zero attached hydrogens (tertiary/aromatic N) is 1. The molecule has 2 heterocycles. The number of phenols is 1. The molecule has 3 aromatic rings. The topological polar surface area (TPSA) is 80.0 Å². The highest BCUT2D eigenvalue weighted by Crippen LogP contribution is 2.33. The fourth-order valence-electron chi connectivity index (χ4n) is 3.32. The van der Waals surface area contributed by atoms with E-state index in [9.17, 15) is 14.7 Å². The molecule has 0 saturated carbocycles. The molecule has 7 heteroatoms. The lowest BCUT2D eigenvalue weighted by molar-refractivity contribution is -0.131. The molecule has 1 saturated heterocycles. The Morgan fingerprint density at radius 2 is 1.75 bits per heavy atom. The predicted molar refractivity (Wildman–Crippen MR) is 129 cm³/mol. The van der Waals surface area contributed by atoms with Crippen LogP contribution in [-0.2, 0) is 4.79 Å². The van der Waals surface area contributed by atoms with E-state index in [-0.39, 0.29) is 28.2 Å². The van der Waals surface area contributed by atoms with E-state index in [2.05, 4.69) is 11.9 Å². The van der Waals surface area contributed by atoms with Crippen molar-refractivity contribution in [2.45, 2.75) is 40.0 Å². The number of fused-ring (bicyclic) bond motifs is 1. The van der Waals surface area contributed by atoms with E-state index in [4.69, 9.17) is 20.8 Å². The molecule has 6 nitrogen and oxygen atoms in total. The van der Waals surface area contributed by atoms with Crippen LogP contribution in [0.15, 0.2) is 51.7 Å². The van der Waals surface area contributed by atoms with Crippen molar-refractivity contribution in [1.29, 1.82) is 0 Å². The Hall–Kier alpha value is -2.83. The number of phenolic OH excluding ortho intramolecular Hbond substituents is 1. The fraction of sp³-hybridized carbons (Fsp3) is 0.360. The first-order valence-electron chi connectivity index (χ1n) is 10.8. The Morgan fingerprint density at radius 1 is 1.09 bits per heavy atom. The van der Waals surface area contributed by atoms with E-state index in [1.807, 2.05) is 13.8 Å². The number of halogens is 1. The first-order valence-corrected chi connectivity index (χ1v) is 11.2. The Balaban J connectivity index is 0.000000340. The zero-order chi connectivity index (χ0) is 23.7. The van der Waals surface area contributed by atoms with Crippen LogP contribution in [0.1, 0.15) is 40.0 Å². The monoisotopic (exact) mass is 459 g/mol. The highest BCUT2D eigenvalue weighted by molar-refractivity contribution is 6.33. The highest BCUT2D eigenvalue weighted by Gasteiger charge is 2.16. The average Bonchev–Trinajstić information content (AvgIpc) is 2.75. The number of hydrogen-bond acceptors (Lipinski definition) is 6. The van der Waals surface area contributed by atoms with Gasteiger partial charge in [0.05, 0.1) is 5.02 Å². The number of piperidine rings is 1. The van der Waals surface area contributed by atoms with Gasteiger partial charge in [0.1, 0.15) is 28.2 Å². The Bertz CT molecular complexity index is 1100. The lowest BCUT2D eigenvalue weighted by Crippen LogP contribution is -2.24. The maximum atomic E-state index is 12.4. The minimum absolute atomic E-state index is 0.0491. The van der Waals surface area contributed by atoms with Gasteiger partial charge in [0.25, 0.3) is 0 Å². The molecule has 0 radical (unpaired) electrons. The van der Waals surface area contributed by atoms with E-state index in [0.717, 1.165) is 0 Å². The molecule has 0 atom stereocenters. The maximum absolute atomic E-state index is 12.4. The van der Waals surface area contributed by atoms with Crippen molar-refractivity contribution in [3.8, 4) is 22.8 Å². The van der Waals surface area contributed by atoms with Gasteiger partial charge in [-0.1, -0.05) is 44.0 Å². The summed E-state index contributed by atoms with van der Waals surface area (Å²) in [6.07, 6.45) is 4.28. The number of likely N-dealkylation sites (tertiary alicyclic amines) is 1. The first-order chi connectivity index (χ1) is 15.3. The molecular weight excluding hydrogens is 430 g/mol. The molecule has 1 aliphatic heterocycles. The summed E-state index contributed by atoms with van der Waals surface area (Å²) in [4.78, 5) is 26.0. The molecule has 32 heavy (non-hydrogen) atoms. The molecule has 0 amide bonds. The predicted octanol–water partition coefficient (Wildman–Crippen LogP) is 5.87. The molecule has 1 N–H and O–H groups in total. The summed E-state index contributed by atoms with van der Waals surface area (Å²) in [6.45, 7) is 7.84. The van der Waals surface area contributed by atoms with E-state index in [0.29, 0.717) is 10.6 Å². The smallest absolute Gasteiger partial charge is 0.308 e. The fourth-order valence-corrected chi connectivity index (χ4v) is 3.55. The van der Waals surface area contributed by atoms with Crippen molar-refractivity contribution in [3.05, 3.63) is 57.7 Å². The van der Waals surface area contributed by atoms with E-state index in [1.165, 1.54) is 57.5 Å². The summed E-state index contributed by atoms with van der Waals surface area (Å²) in [7, 11) is 2.19. The molecular formula is C25H30ClNO5. The van der Waals surface area contributed by atoms with Crippen LogP contribution in [0.4, 0.5) is 0 Å². The summed E-state index contributed by atoms with van der Waals surface area (Å²) in [5.41, 5.74) is 0.242. The molecule has 1 aliphatic rings. The van der Waals surface area contributed by atoms with Crippen molar-refractivity contribution in [3.63, 3.8) is 0 Å². The molecule has 0 spiro atoms. The molecule has 4 rings (SSSR count). The number of esters is 1. The van der Waals surface area contributed by atoms with Crippen molar-refractivity contribution < 1.29 is 19.1 Å². The van der Waals surface area contributed by atoms with Gasteiger partial charge in [-0.15, -0.1) is 0 Å². The minimum atomic E-state index is -0.605.